The van der Waals surface area contributed by atoms with Crippen molar-refractivity contribution in [2.24, 2.45) is 0 Å². The van der Waals surface area contributed by atoms with E-state index in [4.69, 9.17) is 18.6 Å². The summed E-state index contributed by atoms with van der Waals surface area (Å²) in [6.45, 7) is 1.56. The minimum atomic E-state index is -4.71. The van der Waals surface area contributed by atoms with Gasteiger partial charge in [0.2, 0.25) is 6.79 Å². The van der Waals surface area contributed by atoms with Gasteiger partial charge in [-0.25, -0.2) is 4.79 Å². The number of benzene rings is 2. The standard InChI is InChI=1S/C20H14F3NO6/c1-10(19(26)24-11-2-5-15-17(6-11)28-9-27-15)29-12-3-4-13-14(20(21,22)23)8-18(25)30-16(13)7-12/h2-8,10H,9H2,1H3,(H,24,26). The molecule has 0 aliphatic carbocycles. The van der Waals surface area contributed by atoms with Crippen molar-refractivity contribution >= 4 is 22.6 Å². The molecule has 2 aromatic carbocycles. The molecule has 1 aromatic heterocycles. The Morgan fingerprint density at radius 3 is 2.63 bits per heavy atom. The number of fused-ring (bicyclic) bond motifs is 2. The van der Waals surface area contributed by atoms with Gasteiger partial charge in [0.25, 0.3) is 5.91 Å². The molecule has 1 atom stereocenters. The van der Waals surface area contributed by atoms with Crippen LogP contribution in [0.1, 0.15) is 12.5 Å². The molecule has 30 heavy (non-hydrogen) atoms. The number of halogens is 3. The Morgan fingerprint density at radius 2 is 1.87 bits per heavy atom. The van der Waals surface area contributed by atoms with Crippen LogP contribution in [0.3, 0.4) is 0 Å². The molecule has 7 nitrogen and oxygen atoms in total. The molecule has 2 heterocycles. The highest BCUT2D eigenvalue weighted by molar-refractivity contribution is 5.94. The Bertz CT molecular complexity index is 1190. The molecule has 0 fully saturated rings. The second kappa shape index (κ2) is 7.29. The molecule has 1 N–H and O–H groups in total. The lowest BCUT2D eigenvalue weighted by atomic mass is 10.1. The number of alkyl halides is 3. The zero-order valence-electron chi connectivity index (χ0n) is 15.4. The summed E-state index contributed by atoms with van der Waals surface area (Å²) >= 11 is 0. The predicted octanol–water partition coefficient (Wildman–Crippen LogP) is 3.95. The molecule has 1 aliphatic rings. The van der Waals surface area contributed by atoms with Gasteiger partial charge >= 0.3 is 11.8 Å². The van der Waals surface area contributed by atoms with Gasteiger partial charge in [-0.1, -0.05) is 0 Å². The van der Waals surface area contributed by atoms with Crippen LogP contribution in [0.25, 0.3) is 11.0 Å². The number of carbonyl (C=O) groups is 1. The lowest BCUT2D eigenvalue weighted by Gasteiger charge is -2.16. The summed E-state index contributed by atoms with van der Waals surface area (Å²) in [6, 6.07) is 8.78. The van der Waals surface area contributed by atoms with Crippen LogP contribution in [0.5, 0.6) is 17.2 Å². The Kier molecular flexibility index (Phi) is 4.76. The number of hydrogen-bond acceptors (Lipinski definition) is 6. The smallest absolute Gasteiger partial charge is 0.417 e. The van der Waals surface area contributed by atoms with E-state index in [0.29, 0.717) is 23.3 Å². The van der Waals surface area contributed by atoms with E-state index in [1.54, 1.807) is 18.2 Å². The van der Waals surface area contributed by atoms with Gasteiger partial charge in [-0.05, 0) is 31.2 Å². The van der Waals surface area contributed by atoms with Gasteiger partial charge in [-0.15, -0.1) is 0 Å². The maximum Gasteiger partial charge on any atom is 0.417 e. The van der Waals surface area contributed by atoms with Crippen molar-refractivity contribution in [1.29, 1.82) is 0 Å². The first kappa shape index (κ1) is 19.6. The van der Waals surface area contributed by atoms with Gasteiger partial charge < -0.3 is 23.9 Å². The number of rotatable bonds is 4. The maximum atomic E-state index is 13.1. The third kappa shape index (κ3) is 3.88. The lowest BCUT2D eigenvalue weighted by molar-refractivity contribution is -0.136. The molecular formula is C20H14F3NO6. The van der Waals surface area contributed by atoms with E-state index in [2.05, 4.69) is 5.32 Å². The average molecular weight is 421 g/mol. The van der Waals surface area contributed by atoms with Crippen LogP contribution in [0.4, 0.5) is 18.9 Å². The highest BCUT2D eigenvalue weighted by Gasteiger charge is 2.34. The number of nitrogens with one attached hydrogen (secondary N) is 1. The normalized spacial score (nSPS) is 13.9. The molecule has 3 aromatic rings. The average Bonchev–Trinajstić information content (AvgIpc) is 3.14. The highest BCUT2D eigenvalue weighted by atomic mass is 19.4. The molecule has 0 bridgehead atoms. The number of ether oxygens (including phenoxy) is 3. The van der Waals surface area contributed by atoms with Gasteiger partial charge in [0, 0.05) is 29.3 Å². The highest BCUT2D eigenvalue weighted by Crippen LogP contribution is 2.36. The van der Waals surface area contributed by atoms with Crippen molar-refractivity contribution in [2.45, 2.75) is 19.2 Å². The molecule has 10 heteroatoms. The van der Waals surface area contributed by atoms with Gasteiger partial charge in [0.1, 0.15) is 11.3 Å². The van der Waals surface area contributed by atoms with Crippen molar-refractivity contribution in [2.75, 3.05) is 12.1 Å². The topological polar surface area (TPSA) is 87.0 Å². The monoisotopic (exact) mass is 421 g/mol. The third-order valence-corrected chi connectivity index (χ3v) is 4.34. The van der Waals surface area contributed by atoms with E-state index < -0.39 is 29.4 Å². The molecule has 1 amide bonds. The van der Waals surface area contributed by atoms with Crippen LogP contribution in [0.2, 0.25) is 0 Å². The van der Waals surface area contributed by atoms with E-state index in [1.807, 2.05) is 0 Å². The van der Waals surface area contributed by atoms with Crippen LogP contribution in [-0.2, 0) is 11.0 Å². The van der Waals surface area contributed by atoms with E-state index >= 15 is 0 Å². The second-order valence-corrected chi connectivity index (χ2v) is 6.45. The van der Waals surface area contributed by atoms with Crippen LogP contribution < -0.4 is 25.2 Å². The third-order valence-electron chi connectivity index (χ3n) is 4.34. The second-order valence-electron chi connectivity index (χ2n) is 6.45. The van der Waals surface area contributed by atoms with Crippen LogP contribution >= 0.6 is 0 Å². The fourth-order valence-electron chi connectivity index (χ4n) is 2.93. The van der Waals surface area contributed by atoms with Crippen LogP contribution in [0, 0.1) is 0 Å². The number of anilines is 1. The quantitative estimate of drug-likeness (QED) is 0.642. The van der Waals surface area contributed by atoms with E-state index in [0.717, 1.165) is 12.1 Å². The van der Waals surface area contributed by atoms with Crippen molar-refractivity contribution < 1.29 is 36.6 Å². The molecule has 0 saturated heterocycles. The summed E-state index contributed by atoms with van der Waals surface area (Å²) in [5.74, 6) is 0.623. The number of amides is 1. The number of hydrogen-bond donors (Lipinski definition) is 1. The minimum Gasteiger partial charge on any atom is -0.481 e. The molecule has 156 valence electrons. The van der Waals surface area contributed by atoms with E-state index in [-0.39, 0.29) is 23.5 Å². The van der Waals surface area contributed by atoms with Crippen LogP contribution in [0.15, 0.2) is 51.7 Å². The maximum absolute atomic E-state index is 13.1. The van der Waals surface area contributed by atoms with Gasteiger partial charge in [-0.3, -0.25) is 4.79 Å². The van der Waals surface area contributed by atoms with Gasteiger partial charge in [0.05, 0.1) is 5.56 Å². The Morgan fingerprint density at radius 1 is 1.10 bits per heavy atom. The van der Waals surface area contributed by atoms with E-state index in [9.17, 15) is 22.8 Å². The molecule has 0 spiro atoms. The molecule has 4 rings (SSSR count). The van der Waals surface area contributed by atoms with Crippen molar-refractivity contribution in [3.8, 4) is 17.2 Å². The van der Waals surface area contributed by atoms with E-state index in [1.165, 1.54) is 13.0 Å². The summed E-state index contributed by atoms with van der Waals surface area (Å²) in [7, 11) is 0. The zero-order valence-corrected chi connectivity index (χ0v) is 15.4. The Labute approximate surface area is 167 Å². The molecular weight excluding hydrogens is 407 g/mol. The summed E-state index contributed by atoms with van der Waals surface area (Å²) in [5.41, 5.74) is -2.08. The summed E-state index contributed by atoms with van der Waals surface area (Å²) in [5, 5.41) is 2.36. The first-order chi connectivity index (χ1) is 14.2. The summed E-state index contributed by atoms with van der Waals surface area (Å²) in [6.07, 6.45) is -5.71. The first-order valence-corrected chi connectivity index (χ1v) is 8.73. The van der Waals surface area contributed by atoms with Crippen molar-refractivity contribution in [3.63, 3.8) is 0 Å². The summed E-state index contributed by atoms with van der Waals surface area (Å²) in [4.78, 5) is 23.9. The molecule has 0 saturated carbocycles. The number of carbonyl (C=O) groups excluding carboxylic acids is 1. The predicted molar refractivity (Wildman–Crippen MR) is 98.8 cm³/mol. The van der Waals surface area contributed by atoms with Crippen molar-refractivity contribution in [3.05, 3.63) is 58.4 Å². The minimum absolute atomic E-state index is 0.0679. The first-order valence-electron chi connectivity index (χ1n) is 8.73. The van der Waals surface area contributed by atoms with Crippen LogP contribution in [-0.4, -0.2) is 18.8 Å². The van der Waals surface area contributed by atoms with Crippen molar-refractivity contribution in [1.82, 2.24) is 0 Å². The SMILES string of the molecule is CC(Oc1ccc2c(C(F)(F)F)cc(=O)oc2c1)C(=O)Nc1ccc2c(c1)OCO2. The van der Waals surface area contributed by atoms with Gasteiger partial charge in [0.15, 0.2) is 17.6 Å². The summed E-state index contributed by atoms with van der Waals surface area (Å²) < 4.78 is 60.2. The Hall–Kier alpha value is -3.69. The Balaban J connectivity index is 1.52. The zero-order chi connectivity index (χ0) is 21.5. The molecule has 0 radical (unpaired) electrons. The lowest BCUT2D eigenvalue weighted by Crippen LogP contribution is -2.30. The fourth-order valence-corrected chi connectivity index (χ4v) is 2.93. The fraction of sp³-hybridized carbons (Fsp3) is 0.200. The molecule has 1 unspecified atom stereocenters. The molecule has 1 aliphatic heterocycles. The largest absolute Gasteiger partial charge is 0.481 e. The van der Waals surface area contributed by atoms with Gasteiger partial charge in [-0.2, -0.15) is 13.2 Å².